The van der Waals surface area contributed by atoms with E-state index in [4.69, 9.17) is 0 Å². The Bertz CT molecular complexity index is 806. The number of amides is 1. The van der Waals surface area contributed by atoms with E-state index in [1.165, 1.54) is 0 Å². The fourth-order valence-corrected chi connectivity index (χ4v) is 2.56. The molecule has 0 aliphatic carbocycles. The van der Waals surface area contributed by atoms with Crippen LogP contribution < -0.4 is 5.32 Å². The molecule has 0 aliphatic rings. The van der Waals surface area contributed by atoms with E-state index in [0.717, 1.165) is 16.8 Å². The van der Waals surface area contributed by atoms with Crippen LogP contribution in [0.3, 0.4) is 0 Å². The molecule has 6 nitrogen and oxygen atoms in total. The molecule has 0 saturated carbocycles. The van der Waals surface area contributed by atoms with Crippen LogP contribution >= 0.6 is 0 Å². The van der Waals surface area contributed by atoms with Gasteiger partial charge in [-0.1, -0.05) is 12.1 Å². The summed E-state index contributed by atoms with van der Waals surface area (Å²) in [5, 5.41) is 11.5. The van der Waals surface area contributed by atoms with Crippen LogP contribution in [0.5, 0.6) is 0 Å². The predicted molar refractivity (Wildman–Crippen MR) is 91.7 cm³/mol. The van der Waals surface area contributed by atoms with Crippen LogP contribution in [0.25, 0.3) is 5.69 Å². The minimum atomic E-state index is -0.0626. The van der Waals surface area contributed by atoms with E-state index in [9.17, 15) is 4.79 Å². The molecule has 2 heterocycles. The maximum absolute atomic E-state index is 12.2. The molecule has 1 aromatic carbocycles. The summed E-state index contributed by atoms with van der Waals surface area (Å²) in [6, 6.07) is 9.83. The minimum Gasteiger partial charge on any atom is -0.350 e. The summed E-state index contributed by atoms with van der Waals surface area (Å²) in [6.07, 6.45) is 7.78. The molecule has 3 rings (SSSR count). The van der Waals surface area contributed by atoms with E-state index >= 15 is 0 Å². The van der Waals surface area contributed by atoms with Crippen LogP contribution in [-0.4, -0.2) is 25.5 Å². The molecule has 6 heteroatoms. The summed E-state index contributed by atoms with van der Waals surface area (Å²) in [7, 11) is 0. The fourth-order valence-electron chi connectivity index (χ4n) is 2.56. The average molecular weight is 323 g/mol. The van der Waals surface area contributed by atoms with Gasteiger partial charge in [0.05, 0.1) is 17.9 Å². The van der Waals surface area contributed by atoms with Crippen LogP contribution in [0.4, 0.5) is 0 Å². The Morgan fingerprint density at radius 1 is 1.29 bits per heavy atom. The van der Waals surface area contributed by atoms with Crippen molar-refractivity contribution in [3.63, 3.8) is 0 Å². The number of carbonyl (C=O) groups is 1. The number of aromatic nitrogens is 4. The molecule has 0 unspecified atom stereocenters. The van der Waals surface area contributed by atoms with Crippen molar-refractivity contribution >= 4 is 5.91 Å². The second-order valence-corrected chi connectivity index (χ2v) is 5.87. The molecule has 3 aromatic rings. The van der Waals surface area contributed by atoms with Gasteiger partial charge in [0.25, 0.3) is 0 Å². The number of nitrogens with zero attached hydrogens (tertiary/aromatic N) is 4. The van der Waals surface area contributed by atoms with Gasteiger partial charge in [0.2, 0.25) is 5.91 Å². The van der Waals surface area contributed by atoms with Crippen LogP contribution in [0, 0.1) is 6.92 Å². The molecule has 0 fully saturated rings. The van der Waals surface area contributed by atoms with Crippen LogP contribution in [-0.2, 0) is 11.3 Å². The molecule has 0 aliphatic heterocycles. The summed E-state index contributed by atoms with van der Waals surface area (Å²) in [6.45, 7) is 4.55. The first-order valence-corrected chi connectivity index (χ1v) is 8.00. The highest BCUT2D eigenvalue weighted by Gasteiger charge is 2.11. The summed E-state index contributed by atoms with van der Waals surface area (Å²) in [4.78, 5) is 12.2. The lowest BCUT2D eigenvalue weighted by Crippen LogP contribution is -2.27. The number of rotatable bonds is 6. The molecule has 1 amide bonds. The van der Waals surface area contributed by atoms with E-state index in [1.807, 2.05) is 56.6 Å². The van der Waals surface area contributed by atoms with E-state index < -0.39 is 0 Å². The van der Waals surface area contributed by atoms with E-state index in [2.05, 4.69) is 15.5 Å². The fraction of sp³-hybridized carbons (Fsp3) is 0.278. The molecular weight excluding hydrogens is 302 g/mol. The van der Waals surface area contributed by atoms with Crippen LogP contribution in [0.15, 0.2) is 55.1 Å². The molecule has 0 saturated heterocycles. The van der Waals surface area contributed by atoms with Crippen molar-refractivity contribution in [1.82, 2.24) is 24.9 Å². The van der Waals surface area contributed by atoms with Crippen molar-refractivity contribution in [2.45, 2.75) is 32.9 Å². The number of carbonyl (C=O) groups excluding carboxylic acids is 1. The Kier molecular flexibility index (Phi) is 4.74. The van der Waals surface area contributed by atoms with Crippen molar-refractivity contribution < 1.29 is 4.79 Å². The molecule has 1 atom stereocenters. The van der Waals surface area contributed by atoms with Gasteiger partial charge in [0, 0.05) is 31.6 Å². The summed E-state index contributed by atoms with van der Waals surface area (Å²) in [5.74, 6) is 0.0140. The van der Waals surface area contributed by atoms with Crippen molar-refractivity contribution in [1.29, 1.82) is 0 Å². The van der Waals surface area contributed by atoms with E-state index in [0.29, 0.717) is 13.0 Å². The third-order valence-electron chi connectivity index (χ3n) is 3.85. The maximum atomic E-state index is 12.2. The maximum Gasteiger partial charge on any atom is 0.222 e. The first kappa shape index (κ1) is 16.0. The Labute approximate surface area is 141 Å². The summed E-state index contributed by atoms with van der Waals surface area (Å²) < 4.78 is 3.59. The van der Waals surface area contributed by atoms with Crippen LogP contribution in [0.1, 0.15) is 30.5 Å². The van der Waals surface area contributed by atoms with Gasteiger partial charge in [-0.3, -0.25) is 9.48 Å². The van der Waals surface area contributed by atoms with Gasteiger partial charge >= 0.3 is 0 Å². The van der Waals surface area contributed by atoms with Gasteiger partial charge in [-0.2, -0.15) is 10.2 Å². The normalized spacial score (nSPS) is 12.1. The van der Waals surface area contributed by atoms with E-state index in [-0.39, 0.29) is 11.9 Å². The molecule has 124 valence electrons. The molecule has 0 bridgehead atoms. The third-order valence-corrected chi connectivity index (χ3v) is 3.85. The Balaban J connectivity index is 1.59. The first-order valence-electron chi connectivity index (χ1n) is 8.00. The predicted octanol–water partition coefficient (Wildman–Crippen LogP) is 2.64. The van der Waals surface area contributed by atoms with Crippen LogP contribution in [0.2, 0.25) is 0 Å². The summed E-state index contributed by atoms with van der Waals surface area (Å²) >= 11 is 0. The quantitative estimate of drug-likeness (QED) is 0.758. The number of hydrogen-bond acceptors (Lipinski definition) is 3. The Morgan fingerprint density at radius 3 is 2.88 bits per heavy atom. The van der Waals surface area contributed by atoms with Gasteiger partial charge < -0.3 is 5.32 Å². The van der Waals surface area contributed by atoms with Gasteiger partial charge in [-0.05, 0) is 43.2 Å². The zero-order chi connectivity index (χ0) is 16.9. The Morgan fingerprint density at radius 2 is 2.17 bits per heavy atom. The number of nitrogens with one attached hydrogen (secondary N) is 1. The van der Waals surface area contributed by atoms with Gasteiger partial charge in [-0.25, -0.2) is 4.68 Å². The van der Waals surface area contributed by atoms with E-state index in [1.54, 1.807) is 21.8 Å². The molecule has 2 aromatic heterocycles. The lowest BCUT2D eigenvalue weighted by molar-refractivity contribution is -0.122. The molecule has 0 radical (unpaired) electrons. The Hall–Kier alpha value is -2.89. The zero-order valence-corrected chi connectivity index (χ0v) is 13.9. The molecule has 1 N–H and O–H groups in total. The molecule has 0 spiro atoms. The molecule has 24 heavy (non-hydrogen) atoms. The number of benzene rings is 1. The van der Waals surface area contributed by atoms with Crippen molar-refractivity contribution in [3.8, 4) is 5.69 Å². The third kappa shape index (κ3) is 3.90. The molecular formula is C18H21N5O. The average Bonchev–Trinajstić information content (AvgIpc) is 3.24. The van der Waals surface area contributed by atoms with Crippen molar-refractivity contribution in [2.75, 3.05) is 0 Å². The largest absolute Gasteiger partial charge is 0.350 e. The standard InChI is InChI=1S/C18H21N5O/c1-14-12-20-22(13-14)10-7-18(24)21-15(2)16-5-3-6-17(11-16)23-9-4-8-19-23/h3-6,8-9,11-13,15H,7,10H2,1-2H3,(H,21,24)/t15-/m0/s1. The highest BCUT2D eigenvalue weighted by molar-refractivity contribution is 5.76. The minimum absolute atomic E-state index is 0.0140. The smallest absolute Gasteiger partial charge is 0.222 e. The lowest BCUT2D eigenvalue weighted by atomic mass is 10.1. The first-order chi connectivity index (χ1) is 11.6. The van der Waals surface area contributed by atoms with Crippen molar-refractivity contribution in [2.24, 2.45) is 0 Å². The van der Waals surface area contributed by atoms with Gasteiger partial charge in [0.1, 0.15) is 0 Å². The second-order valence-electron chi connectivity index (χ2n) is 5.87. The number of aryl methyl sites for hydroxylation is 2. The highest BCUT2D eigenvalue weighted by Crippen LogP contribution is 2.16. The SMILES string of the molecule is Cc1cnn(CCC(=O)N[C@@H](C)c2cccc(-n3cccn3)c2)c1. The topological polar surface area (TPSA) is 64.7 Å². The summed E-state index contributed by atoms with van der Waals surface area (Å²) in [5.41, 5.74) is 3.12. The second kappa shape index (κ2) is 7.12. The zero-order valence-electron chi connectivity index (χ0n) is 13.9. The van der Waals surface area contributed by atoms with Crippen molar-refractivity contribution in [3.05, 3.63) is 66.2 Å². The lowest BCUT2D eigenvalue weighted by Gasteiger charge is -2.15. The monoisotopic (exact) mass is 323 g/mol. The highest BCUT2D eigenvalue weighted by atomic mass is 16.1. The number of hydrogen-bond donors (Lipinski definition) is 1. The van der Waals surface area contributed by atoms with Gasteiger partial charge in [-0.15, -0.1) is 0 Å². The van der Waals surface area contributed by atoms with Gasteiger partial charge in [0.15, 0.2) is 0 Å².